The van der Waals surface area contributed by atoms with Crippen molar-refractivity contribution in [3.8, 4) is 0 Å². The normalized spacial score (nSPS) is 14.7. The van der Waals surface area contributed by atoms with Crippen molar-refractivity contribution in [2.45, 2.75) is 44.4 Å². The molecule has 0 aliphatic rings. The Morgan fingerprint density at radius 3 is 2.50 bits per heavy atom. The lowest BCUT2D eigenvalue weighted by molar-refractivity contribution is 0.300. The Balaban J connectivity index is 2.86. The molecule has 0 amide bonds. The first-order valence-corrected chi connectivity index (χ1v) is 8.18. The van der Waals surface area contributed by atoms with Gasteiger partial charge in [0.25, 0.3) is 0 Å². The van der Waals surface area contributed by atoms with Crippen LogP contribution < -0.4 is 4.72 Å². The van der Waals surface area contributed by atoms with Gasteiger partial charge < -0.3 is 5.11 Å². The Morgan fingerprint density at radius 2 is 2.00 bits per heavy atom. The highest BCUT2D eigenvalue weighted by Gasteiger charge is 2.26. The molecule has 0 saturated heterocycles. The van der Waals surface area contributed by atoms with Gasteiger partial charge in [-0.15, -0.1) is 11.3 Å². The van der Waals surface area contributed by atoms with Gasteiger partial charge in [-0.1, -0.05) is 20.8 Å². The molecule has 0 bridgehead atoms. The molecule has 104 valence electrons. The van der Waals surface area contributed by atoms with E-state index in [1.54, 1.807) is 12.1 Å². The summed E-state index contributed by atoms with van der Waals surface area (Å²) in [7, 11) is -3.45. The molecule has 0 spiro atoms. The van der Waals surface area contributed by atoms with Gasteiger partial charge in [0, 0.05) is 23.9 Å². The molecule has 1 unspecified atom stereocenters. The Bertz CT molecular complexity index is 486. The van der Waals surface area contributed by atoms with Crippen molar-refractivity contribution in [1.29, 1.82) is 0 Å². The zero-order valence-corrected chi connectivity index (χ0v) is 12.9. The second-order valence-corrected chi connectivity index (χ2v) is 8.51. The van der Waals surface area contributed by atoms with Crippen molar-refractivity contribution >= 4 is 21.4 Å². The van der Waals surface area contributed by atoms with Crippen LogP contribution >= 0.6 is 11.3 Å². The molecule has 0 aliphatic heterocycles. The largest absolute Gasteiger partial charge is 0.396 e. The Morgan fingerprint density at radius 1 is 1.39 bits per heavy atom. The van der Waals surface area contributed by atoms with Crippen LogP contribution in [0.3, 0.4) is 0 Å². The molecule has 0 radical (unpaired) electrons. The van der Waals surface area contributed by atoms with Crippen molar-refractivity contribution in [1.82, 2.24) is 4.72 Å². The number of thiophene rings is 1. The van der Waals surface area contributed by atoms with E-state index in [0.29, 0.717) is 10.6 Å². The lowest BCUT2D eigenvalue weighted by atomic mass is 9.89. The van der Waals surface area contributed by atoms with Crippen LogP contribution in [-0.2, 0) is 16.4 Å². The van der Waals surface area contributed by atoms with E-state index in [4.69, 9.17) is 5.11 Å². The summed E-state index contributed by atoms with van der Waals surface area (Å²) < 4.78 is 27.3. The van der Waals surface area contributed by atoms with Gasteiger partial charge in [0.05, 0.1) is 0 Å². The fraction of sp³-hybridized carbons (Fsp3) is 0.667. The SMILES string of the molecule is CC(NS(=O)(=O)c1ccc(CCO)s1)C(C)(C)C. The van der Waals surface area contributed by atoms with E-state index >= 15 is 0 Å². The molecule has 18 heavy (non-hydrogen) atoms. The minimum atomic E-state index is -3.45. The molecule has 1 heterocycles. The van der Waals surface area contributed by atoms with E-state index in [2.05, 4.69) is 4.72 Å². The molecule has 1 aromatic rings. The Kier molecular flexibility index (Phi) is 4.94. The molecule has 1 aromatic heterocycles. The molecule has 1 rings (SSSR count). The predicted octanol–water partition coefficient (Wildman–Crippen LogP) is 2.00. The van der Waals surface area contributed by atoms with Crippen molar-refractivity contribution < 1.29 is 13.5 Å². The summed E-state index contributed by atoms with van der Waals surface area (Å²) in [4.78, 5) is 0.876. The second-order valence-electron chi connectivity index (χ2n) is 5.40. The first-order chi connectivity index (χ1) is 8.16. The van der Waals surface area contributed by atoms with E-state index in [9.17, 15) is 8.42 Å². The highest BCUT2D eigenvalue weighted by Crippen LogP contribution is 2.25. The maximum atomic E-state index is 12.1. The maximum absolute atomic E-state index is 12.1. The number of aliphatic hydroxyl groups is 1. The minimum absolute atomic E-state index is 0.0336. The number of hydrogen-bond acceptors (Lipinski definition) is 4. The molecule has 1 atom stereocenters. The van der Waals surface area contributed by atoms with Gasteiger partial charge in [-0.25, -0.2) is 13.1 Å². The van der Waals surface area contributed by atoms with Crippen LogP contribution in [0.1, 0.15) is 32.6 Å². The molecule has 0 aromatic carbocycles. The first kappa shape index (κ1) is 15.6. The smallest absolute Gasteiger partial charge is 0.250 e. The Labute approximate surface area is 113 Å². The fourth-order valence-electron chi connectivity index (χ4n) is 1.21. The van der Waals surface area contributed by atoms with Gasteiger partial charge in [-0.3, -0.25) is 0 Å². The van der Waals surface area contributed by atoms with Gasteiger partial charge in [0.1, 0.15) is 4.21 Å². The van der Waals surface area contributed by atoms with E-state index in [0.717, 1.165) is 4.88 Å². The third kappa shape index (κ3) is 4.05. The van der Waals surface area contributed by atoms with Gasteiger partial charge in [-0.05, 0) is 24.5 Å². The summed E-state index contributed by atoms with van der Waals surface area (Å²) >= 11 is 1.21. The lowest BCUT2D eigenvalue weighted by Gasteiger charge is -2.27. The standard InChI is InChI=1S/C12H21NO3S2/c1-9(12(2,3)4)13-18(15,16)11-6-5-10(17-11)7-8-14/h5-6,9,13-14H,7-8H2,1-4H3. The molecular formula is C12H21NO3S2. The van der Waals surface area contributed by atoms with Crippen LogP contribution in [0.15, 0.2) is 16.3 Å². The Hall–Kier alpha value is -0.430. The quantitative estimate of drug-likeness (QED) is 0.872. The summed E-state index contributed by atoms with van der Waals surface area (Å²) in [5.74, 6) is 0. The van der Waals surface area contributed by atoms with Gasteiger partial charge in [-0.2, -0.15) is 0 Å². The highest BCUT2D eigenvalue weighted by molar-refractivity contribution is 7.91. The number of hydrogen-bond donors (Lipinski definition) is 2. The predicted molar refractivity (Wildman–Crippen MR) is 74.3 cm³/mol. The average molecular weight is 291 g/mol. The van der Waals surface area contributed by atoms with Crippen molar-refractivity contribution in [3.63, 3.8) is 0 Å². The van der Waals surface area contributed by atoms with E-state index in [1.165, 1.54) is 11.3 Å². The van der Waals surface area contributed by atoms with Gasteiger partial charge in [0.2, 0.25) is 10.0 Å². The molecule has 6 heteroatoms. The minimum Gasteiger partial charge on any atom is -0.396 e. The van der Waals surface area contributed by atoms with E-state index < -0.39 is 10.0 Å². The summed E-state index contributed by atoms with van der Waals surface area (Å²) in [6.07, 6.45) is 0.495. The van der Waals surface area contributed by atoms with Crippen LogP contribution in [0.5, 0.6) is 0 Å². The van der Waals surface area contributed by atoms with Crippen LogP contribution in [0.4, 0.5) is 0 Å². The zero-order chi connectivity index (χ0) is 14.0. The molecule has 0 fully saturated rings. The number of sulfonamides is 1. The maximum Gasteiger partial charge on any atom is 0.250 e. The third-order valence-corrected chi connectivity index (χ3v) is 6.07. The van der Waals surface area contributed by atoms with Crippen LogP contribution in [0.25, 0.3) is 0 Å². The molecule has 0 aliphatic carbocycles. The molecule has 4 nitrogen and oxygen atoms in total. The van der Waals surface area contributed by atoms with Crippen molar-refractivity contribution in [3.05, 3.63) is 17.0 Å². The summed E-state index contributed by atoms with van der Waals surface area (Å²) in [6, 6.07) is 3.19. The fourth-order valence-corrected chi connectivity index (χ4v) is 4.03. The molecular weight excluding hydrogens is 270 g/mol. The van der Waals surface area contributed by atoms with Crippen molar-refractivity contribution in [2.24, 2.45) is 5.41 Å². The van der Waals surface area contributed by atoms with E-state index in [-0.39, 0.29) is 18.1 Å². The molecule has 0 saturated carbocycles. The summed E-state index contributed by atoms with van der Waals surface area (Å²) in [6.45, 7) is 7.87. The van der Waals surface area contributed by atoms with Crippen LogP contribution in [0.2, 0.25) is 0 Å². The number of aliphatic hydroxyl groups excluding tert-OH is 1. The third-order valence-electron chi connectivity index (χ3n) is 2.89. The summed E-state index contributed by atoms with van der Waals surface area (Å²) in [5, 5.41) is 8.83. The first-order valence-electron chi connectivity index (χ1n) is 5.88. The van der Waals surface area contributed by atoms with Crippen LogP contribution in [-0.4, -0.2) is 26.2 Å². The van der Waals surface area contributed by atoms with Crippen LogP contribution in [0, 0.1) is 5.41 Å². The topological polar surface area (TPSA) is 66.4 Å². The monoisotopic (exact) mass is 291 g/mol. The van der Waals surface area contributed by atoms with E-state index in [1.807, 2.05) is 27.7 Å². The lowest BCUT2D eigenvalue weighted by Crippen LogP contribution is -2.41. The molecule has 2 N–H and O–H groups in total. The van der Waals surface area contributed by atoms with Gasteiger partial charge in [0.15, 0.2) is 0 Å². The van der Waals surface area contributed by atoms with Crippen molar-refractivity contribution in [2.75, 3.05) is 6.61 Å². The highest BCUT2D eigenvalue weighted by atomic mass is 32.2. The summed E-state index contributed by atoms with van der Waals surface area (Å²) in [5.41, 5.74) is -0.127. The zero-order valence-electron chi connectivity index (χ0n) is 11.2. The number of rotatable bonds is 5. The van der Waals surface area contributed by atoms with Gasteiger partial charge >= 0.3 is 0 Å². The average Bonchev–Trinajstić information content (AvgIpc) is 2.65. The second kappa shape index (κ2) is 5.69. The number of nitrogens with one attached hydrogen (secondary N) is 1.